The number of hydrogen-bond donors (Lipinski definition) is 1. The van der Waals surface area contributed by atoms with Crippen molar-refractivity contribution in [2.75, 3.05) is 0 Å². The van der Waals surface area contributed by atoms with Crippen LogP contribution in [0, 0.1) is 17.8 Å². The molecular weight excluding hydrogens is 218 g/mol. The van der Waals surface area contributed by atoms with Gasteiger partial charge >= 0.3 is 5.97 Å². The van der Waals surface area contributed by atoms with Crippen molar-refractivity contribution in [1.82, 2.24) is 0 Å². The van der Waals surface area contributed by atoms with E-state index in [1.807, 2.05) is 0 Å². The van der Waals surface area contributed by atoms with Gasteiger partial charge in [0.2, 0.25) is 0 Å². The molecule has 4 nitrogen and oxygen atoms in total. The second kappa shape index (κ2) is 6.03. The van der Waals surface area contributed by atoms with Crippen molar-refractivity contribution in [3.8, 4) is 0 Å². The van der Waals surface area contributed by atoms with Gasteiger partial charge in [-0.1, -0.05) is 32.3 Å². The maximum absolute atomic E-state index is 11.6. The van der Waals surface area contributed by atoms with Crippen LogP contribution in [0.25, 0.3) is 0 Å². The zero-order chi connectivity index (χ0) is 13.0. The average molecular weight is 241 g/mol. The van der Waals surface area contributed by atoms with E-state index in [0.717, 1.165) is 12.8 Å². The van der Waals surface area contributed by atoms with Gasteiger partial charge in [0.25, 0.3) is 0 Å². The molecule has 4 heteroatoms. The van der Waals surface area contributed by atoms with Gasteiger partial charge in [-0.2, -0.15) is 0 Å². The number of hydrogen-bond acceptors (Lipinski definition) is 4. The first-order valence-electron chi connectivity index (χ1n) is 6.35. The van der Waals surface area contributed by atoms with E-state index < -0.39 is 5.97 Å². The highest BCUT2D eigenvalue weighted by Gasteiger charge is 2.33. The predicted molar refractivity (Wildman–Crippen MR) is 66.1 cm³/mol. The molecule has 1 aliphatic rings. The van der Waals surface area contributed by atoms with E-state index in [4.69, 9.17) is 9.94 Å². The molecule has 1 fully saturated rings. The Bertz CT molecular complexity index is 299. The van der Waals surface area contributed by atoms with E-state index in [-0.39, 0.29) is 11.8 Å². The minimum absolute atomic E-state index is 0.0192. The lowest BCUT2D eigenvalue weighted by atomic mass is 9.75. The van der Waals surface area contributed by atoms with Gasteiger partial charge in [-0.3, -0.25) is 0 Å². The van der Waals surface area contributed by atoms with Crippen LogP contribution >= 0.6 is 0 Å². The molecule has 0 amide bonds. The van der Waals surface area contributed by atoms with Crippen molar-refractivity contribution in [1.29, 1.82) is 0 Å². The number of carbonyl (C=O) groups is 1. The summed E-state index contributed by atoms with van der Waals surface area (Å²) in [4.78, 5) is 11.6. The molecule has 0 heterocycles. The lowest BCUT2D eigenvalue weighted by molar-refractivity contribution is -0.147. The summed E-state index contributed by atoms with van der Waals surface area (Å²) in [5, 5.41) is 11.4. The van der Waals surface area contributed by atoms with Gasteiger partial charge in [0.1, 0.15) is 6.10 Å². The summed E-state index contributed by atoms with van der Waals surface area (Å²) in [5.74, 6) is 1.01. The van der Waals surface area contributed by atoms with Crippen molar-refractivity contribution in [3.63, 3.8) is 0 Å². The molecular formula is C13H23NO3. The molecule has 0 aromatic carbocycles. The minimum atomic E-state index is -0.503. The van der Waals surface area contributed by atoms with E-state index in [9.17, 15) is 4.79 Å². The summed E-state index contributed by atoms with van der Waals surface area (Å²) in [6.07, 6.45) is 3.17. The number of nitrogens with zero attached hydrogens (tertiary/aromatic N) is 1. The molecule has 0 unspecified atom stereocenters. The van der Waals surface area contributed by atoms with Crippen molar-refractivity contribution >= 4 is 11.7 Å². The first-order valence-corrected chi connectivity index (χ1v) is 6.35. The number of rotatable bonds is 3. The Hall–Kier alpha value is -1.06. The van der Waals surface area contributed by atoms with Crippen LogP contribution < -0.4 is 0 Å². The minimum Gasteiger partial charge on any atom is -0.458 e. The first-order chi connectivity index (χ1) is 7.95. The third-order valence-corrected chi connectivity index (χ3v) is 3.67. The summed E-state index contributed by atoms with van der Waals surface area (Å²) < 4.78 is 5.46. The SMILES string of the molecule is C/C(=N/O)C(=O)O[C@H]1C[C@H](C)CC[C@@H]1C(C)C. The van der Waals surface area contributed by atoms with Gasteiger partial charge in [0.05, 0.1) is 0 Å². The van der Waals surface area contributed by atoms with Crippen LogP contribution in [0.4, 0.5) is 0 Å². The van der Waals surface area contributed by atoms with Crippen LogP contribution in [-0.4, -0.2) is 23.0 Å². The van der Waals surface area contributed by atoms with Crippen LogP contribution in [0.15, 0.2) is 5.16 Å². The van der Waals surface area contributed by atoms with Gasteiger partial charge in [0.15, 0.2) is 5.71 Å². The van der Waals surface area contributed by atoms with Crippen molar-refractivity contribution < 1.29 is 14.7 Å². The van der Waals surface area contributed by atoms with E-state index in [0.29, 0.717) is 17.8 Å². The smallest absolute Gasteiger partial charge is 0.356 e. The van der Waals surface area contributed by atoms with E-state index in [1.54, 1.807) is 0 Å². The molecule has 98 valence electrons. The van der Waals surface area contributed by atoms with Gasteiger partial charge in [-0.05, 0) is 37.5 Å². The molecule has 0 aliphatic heterocycles. The highest BCUT2D eigenvalue weighted by molar-refractivity contribution is 6.35. The monoisotopic (exact) mass is 241 g/mol. The van der Waals surface area contributed by atoms with Crippen molar-refractivity contribution in [2.24, 2.45) is 22.9 Å². The molecule has 3 atom stereocenters. The molecule has 1 rings (SSSR count). The summed E-state index contributed by atoms with van der Waals surface area (Å²) in [5.41, 5.74) is 0.0192. The van der Waals surface area contributed by atoms with Gasteiger partial charge in [-0.25, -0.2) is 4.79 Å². The maximum Gasteiger partial charge on any atom is 0.356 e. The van der Waals surface area contributed by atoms with Gasteiger partial charge in [0, 0.05) is 0 Å². The largest absolute Gasteiger partial charge is 0.458 e. The number of oxime groups is 1. The third-order valence-electron chi connectivity index (χ3n) is 3.67. The molecule has 1 saturated carbocycles. The molecule has 17 heavy (non-hydrogen) atoms. The fourth-order valence-corrected chi connectivity index (χ4v) is 2.51. The molecule has 0 radical (unpaired) electrons. The third kappa shape index (κ3) is 3.72. The van der Waals surface area contributed by atoms with Gasteiger partial charge in [-0.15, -0.1) is 0 Å². The Kier molecular flexibility index (Phi) is 4.97. The molecule has 0 bridgehead atoms. The van der Waals surface area contributed by atoms with Gasteiger partial charge < -0.3 is 9.94 Å². The highest BCUT2D eigenvalue weighted by Crippen LogP contribution is 2.35. The topological polar surface area (TPSA) is 58.9 Å². The van der Waals surface area contributed by atoms with E-state index in [2.05, 4.69) is 25.9 Å². The number of carbonyl (C=O) groups excluding carboxylic acids is 1. The number of ether oxygens (including phenoxy) is 1. The fourth-order valence-electron chi connectivity index (χ4n) is 2.51. The second-order valence-corrected chi connectivity index (χ2v) is 5.46. The quantitative estimate of drug-likeness (QED) is 0.358. The van der Waals surface area contributed by atoms with Crippen molar-refractivity contribution in [3.05, 3.63) is 0 Å². The van der Waals surface area contributed by atoms with E-state index in [1.165, 1.54) is 13.3 Å². The molecule has 0 aromatic rings. The second-order valence-electron chi connectivity index (χ2n) is 5.46. The Labute approximate surface area is 103 Å². The Balaban J connectivity index is 2.67. The summed E-state index contributed by atoms with van der Waals surface area (Å²) in [6, 6.07) is 0. The first kappa shape index (κ1) is 14.0. The van der Waals surface area contributed by atoms with Crippen LogP contribution in [0.2, 0.25) is 0 Å². The zero-order valence-corrected chi connectivity index (χ0v) is 11.1. The highest BCUT2D eigenvalue weighted by atomic mass is 16.5. The predicted octanol–water partition coefficient (Wildman–Crippen LogP) is 2.84. The fraction of sp³-hybridized carbons (Fsp3) is 0.846. The summed E-state index contributed by atoms with van der Waals surface area (Å²) in [6.45, 7) is 7.96. The number of esters is 1. The van der Waals surface area contributed by atoms with E-state index >= 15 is 0 Å². The van der Waals surface area contributed by atoms with Crippen LogP contribution in [0.1, 0.15) is 47.0 Å². The molecule has 1 N–H and O–H groups in total. The normalized spacial score (nSPS) is 30.4. The lowest BCUT2D eigenvalue weighted by Crippen LogP contribution is -2.37. The van der Waals surface area contributed by atoms with Crippen LogP contribution in [-0.2, 0) is 9.53 Å². The standard InChI is InChI=1S/C13H23NO3/c1-8(2)11-6-5-9(3)7-12(11)17-13(15)10(4)14-16/h8-9,11-12,16H,5-7H2,1-4H3/b14-10-/t9-,11-,12+/m1/s1. The molecule has 0 aromatic heterocycles. The van der Waals surface area contributed by atoms with Crippen LogP contribution in [0.3, 0.4) is 0 Å². The molecule has 0 saturated heterocycles. The Morgan fingerprint density at radius 2 is 2.06 bits per heavy atom. The van der Waals surface area contributed by atoms with Crippen molar-refractivity contribution in [2.45, 2.75) is 53.1 Å². The molecule has 0 spiro atoms. The Morgan fingerprint density at radius 3 is 2.59 bits per heavy atom. The summed E-state index contributed by atoms with van der Waals surface area (Å²) >= 11 is 0. The maximum atomic E-state index is 11.6. The lowest BCUT2D eigenvalue weighted by Gasteiger charge is -2.36. The van der Waals surface area contributed by atoms with Crippen LogP contribution in [0.5, 0.6) is 0 Å². The average Bonchev–Trinajstić information content (AvgIpc) is 2.27. The Morgan fingerprint density at radius 1 is 1.41 bits per heavy atom. The molecule has 1 aliphatic carbocycles. The zero-order valence-electron chi connectivity index (χ0n) is 11.1. The summed E-state index contributed by atoms with van der Waals surface area (Å²) in [7, 11) is 0.